The van der Waals surface area contributed by atoms with E-state index >= 15 is 0 Å². The fourth-order valence-corrected chi connectivity index (χ4v) is 9.67. The first-order chi connectivity index (χ1) is 11.4. The fraction of sp³-hybridized carbons (Fsp3) is 0. The molecule has 24 heavy (non-hydrogen) atoms. The van der Waals surface area contributed by atoms with Gasteiger partial charge in [-0.1, -0.05) is 0 Å². The molecule has 0 atom stereocenters. The van der Waals surface area contributed by atoms with Crippen LogP contribution in [0.1, 0.15) is 0 Å². The van der Waals surface area contributed by atoms with Gasteiger partial charge in [-0.05, 0) is 0 Å². The van der Waals surface area contributed by atoms with Crippen molar-refractivity contribution in [2.45, 2.75) is 0 Å². The Morgan fingerprint density at radius 3 is 0.875 bits per heavy atom. The molecule has 0 heterocycles. The van der Waals surface area contributed by atoms with Crippen LogP contribution in [0.25, 0.3) is 0 Å². The van der Waals surface area contributed by atoms with Gasteiger partial charge >= 0.3 is 121 Å². The van der Waals surface area contributed by atoms with E-state index in [2.05, 4.69) is 91.0 Å². The van der Waals surface area contributed by atoms with E-state index in [1.807, 2.05) is 0 Å². The van der Waals surface area contributed by atoms with E-state index < -0.39 is 30.0 Å². The Bertz CT molecular complexity index is 618. The summed E-state index contributed by atoms with van der Waals surface area (Å²) in [7, 11) is -4.94. The predicted molar refractivity (Wildman–Crippen MR) is 84.0 cm³/mol. The third kappa shape index (κ3) is 6.60. The Hall–Kier alpha value is -1.41. The van der Waals surface area contributed by atoms with E-state index in [9.17, 15) is 0 Å². The second kappa shape index (κ2) is 9.17. The number of hydrogen-bond acceptors (Lipinski definition) is 4. The summed E-state index contributed by atoms with van der Waals surface area (Å²) in [4.78, 5) is 0. The SMILES string of the molecule is [O-][Cl+3]([O-])([O-])[O-].c1cc[c]([Sn+]([c]2ccccc2)[c]2ccccc2)cc1. The van der Waals surface area contributed by atoms with Crippen LogP contribution in [0.4, 0.5) is 0 Å². The van der Waals surface area contributed by atoms with E-state index in [-0.39, 0.29) is 0 Å². The van der Waals surface area contributed by atoms with Crippen LogP contribution in [0, 0.1) is 10.2 Å². The van der Waals surface area contributed by atoms with Gasteiger partial charge in [0.25, 0.3) is 0 Å². The van der Waals surface area contributed by atoms with Crippen LogP contribution in [0.15, 0.2) is 91.0 Å². The summed E-state index contributed by atoms with van der Waals surface area (Å²) in [6.07, 6.45) is 0. The van der Waals surface area contributed by atoms with Gasteiger partial charge in [0.2, 0.25) is 0 Å². The van der Waals surface area contributed by atoms with Gasteiger partial charge in [0.05, 0.1) is 0 Å². The van der Waals surface area contributed by atoms with E-state index in [0.29, 0.717) is 0 Å². The van der Waals surface area contributed by atoms with E-state index in [1.165, 1.54) is 10.7 Å². The summed E-state index contributed by atoms with van der Waals surface area (Å²) < 4.78 is 38.6. The number of rotatable bonds is 3. The second-order valence-electron chi connectivity index (χ2n) is 4.85. The average molecular weight is 449 g/mol. The van der Waals surface area contributed by atoms with Crippen molar-refractivity contribution in [2.75, 3.05) is 0 Å². The zero-order valence-corrected chi connectivity index (χ0v) is 16.3. The molecular weight excluding hydrogens is 434 g/mol. The summed E-state index contributed by atoms with van der Waals surface area (Å²) in [6, 6.07) is 32.9. The molecule has 0 amide bonds. The van der Waals surface area contributed by atoms with Crippen molar-refractivity contribution >= 4 is 30.5 Å². The Kier molecular flexibility index (Phi) is 7.23. The maximum absolute atomic E-state index is 8.49. The topological polar surface area (TPSA) is 92.2 Å². The Labute approximate surface area is 150 Å². The van der Waals surface area contributed by atoms with Crippen LogP contribution < -0.4 is 29.4 Å². The van der Waals surface area contributed by atoms with E-state index in [1.54, 1.807) is 0 Å². The molecule has 0 saturated heterocycles. The zero-order chi connectivity index (χ0) is 17.4. The Balaban J connectivity index is 0.000000368. The zero-order valence-electron chi connectivity index (χ0n) is 12.7. The van der Waals surface area contributed by atoms with Crippen LogP contribution in [0.5, 0.6) is 0 Å². The quantitative estimate of drug-likeness (QED) is 0.412. The van der Waals surface area contributed by atoms with Gasteiger partial charge < -0.3 is 0 Å². The molecule has 6 heteroatoms. The summed E-state index contributed by atoms with van der Waals surface area (Å²) in [6.45, 7) is 0. The molecule has 0 N–H and O–H groups in total. The Morgan fingerprint density at radius 2 is 0.667 bits per heavy atom. The van der Waals surface area contributed by atoms with Gasteiger partial charge in [-0.3, -0.25) is 0 Å². The summed E-state index contributed by atoms with van der Waals surface area (Å²) in [5.41, 5.74) is 0. The molecule has 0 radical (unpaired) electrons. The van der Waals surface area contributed by atoms with Crippen molar-refractivity contribution in [2.24, 2.45) is 0 Å². The number of halogens is 1. The molecule has 3 aromatic rings. The molecule has 0 spiro atoms. The Morgan fingerprint density at radius 1 is 0.458 bits per heavy atom. The first-order valence-corrected chi connectivity index (χ1v) is 12.6. The van der Waals surface area contributed by atoms with Crippen LogP contribution in [0.2, 0.25) is 0 Å². The van der Waals surface area contributed by atoms with E-state index in [4.69, 9.17) is 18.6 Å². The van der Waals surface area contributed by atoms with Crippen molar-refractivity contribution in [1.82, 2.24) is 0 Å². The average Bonchev–Trinajstić information content (AvgIpc) is 2.57. The number of hydrogen-bond donors (Lipinski definition) is 0. The van der Waals surface area contributed by atoms with Gasteiger partial charge in [-0.2, -0.15) is 0 Å². The minimum absolute atomic E-state index is 1.53. The fourth-order valence-electron chi connectivity index (χ4n) is 2.31. The molecule has 3 aromatic carbocycles. The van der Waals surface area contributed by atoms with Crippen molar-refractivity contribution in [3.05, 3.63) is 91.0 Å². The molecule has 3 rings (SSSR count). The van der Waals surface area contributed by atoms with Crippen molar-refractivity contribution in [3.8, 4) is 0 Å². The van der Waals surface area contributed by atoms with Gasteiger partial charge in [-0.25, -0.2) is 18.6 Å². The maximum atomic E-state index is 8.49. The van der Waals surface area contributed by atoms with Gasteiger partial charge in [0.15, 0.2) is 0 Å². The van der Waals surface area contributed by atoms with Crippen molar-refractivity contribution in [3.63, 3.8) is 0 Å². The molecular formula is C18H15ClO4Sn. The van der Waals surface area contributed by atoms with Crippen molar-refractivity contribution < 1.29 is 28.9 Å². The van der Waals surface area contributed by atoms with Crippen LogP contribution in [-0.2, 0) is 0 Å². The molecule has 0 unspecified atom stereocenters. The van der Waals surface area contributed by atoms with Crippen LogP contribution in [-0.4, -0.2) is 19.8 Å². The van der Waals surface area contributed by atoms with Crippen LogP contribution >= 0.6 is 0 Å². The minimum atomic E-state index is -4.94. The van der Waals surface area contributed by atoms with E-state index in [0.717, 1.165) is 0 Å². The monoisotopic (exact) mass is 450 g/mol. The molecule has 0 bridgehead atoms. The molecule has 0 fully saturated rings. The first kappa shape index (κ1) is 18.9. The number of benzene rings is 3. The standard InChI is InChI=1S/3C6H5.ClHO4.Sn/c3*1-2-4-6-5-3-1;2-1(3,4)5;/h3*1-5H;(H,2,3,4,5);/q;;;;+1/p-1. The van der Waals surface area contributed by atoms with Crippen LogP contribution in [0.3, 0.4) is 0 Å². The summed E-state index contributed by atoms with van der Waals surface area (Å²) in [5, 5.41) is 0. The third-order valence-electron chi connectivity index (χ3n) is 3.19. The second-order valence-corrected chi connectivity index (χ2v) is 12.7. The molecule has 0 saturated carbocycles. The van der Waals surface area contributed by atoms with Gasteiger partial charge in [0.1, 0.15) is 0 Å². The summed E-state index contributed by atoms with van der Waals surface area (Å²) in [5.74, 6) is 0. The molecule has 0 aliphatic heterocycles. The summed E-state index contributed by atoms with van der Waals surface area (Å²) >= 11 is -1.98. The van der Waals surface area contributed by atoms with Crippen molar-refractivity contribution in [1.29, 1.82) is 0 Å². The molecule has 122 valence electrons. The molecule has 0 aromatic heterocycles. The normalized spacial score (nSPS) is 10.5. The van der Waals surface area contributed by atoms with Gasteiger partial charge in [-0.15, -0.1) is 10.2 Å². The van der Waals surface area contributed by atoms with Gasteiger partial charge in [0, 0.05) is 0 Å². The molecule has 4 nitrogen and oxygen atoms in total. The predicted octanol–water partition coefficient (Wildman–Crippen LogP) is -2.55. The molecule has 0 aliphatic carbocycles. The first-order valence-electron chi connectivity index (χ1n) is 7.10. The third-order valence-corrected chi connectivity index (χ3v) is 11.0. The molecule has 0 aliphatic rings.